The molecule has 3 rings (SSSR count). The molecule has 7 heteroatoms. The number of carbonyl (C=O) groups excluding carboxylic acids is 1. The van der Waals surface area contributed by atoms with Crippen LogP contribution in [0.5, 0.6) is 5.75 Å². The highest BCUT2D eigenvalue weighted by Gasteiger charge is 2.21. The van der Waals surface area contributed by atoms with E-state index in [4.69, 9.17) is 9.84 Å². The molecule has 1 atom stereocenters. The van der Waals surface area contributed by atoms with Crippen LogP contribution in [0, 0.1) is 0 Å². The minimum absolute atomic E-state index is 0.217. The lowest BCUT2D eigenvalue weighted by Gasteiger charge is -2.14. The van der Waals surface area contributed by atoms with Gasteiger partial charge in [0.2, 0.25) is 0 Å². The molecule has 1 aromatic heterocycles. The summed E-state index contributed by atoms with van der Waals surface area (Å²) in [5.74, 6) is -1.18. The molecule has 0 fully saturated rings. The number of ether oxygens (including phenoxy) is 1. The van der Waals surface area contributed by atoms with Crippen molar-refractivity contribution >= 4 is 27.7 Å². The highest BCUT2D eigenvalue weighted by molar-refractivity contribution is 9.10. The minimum atomic E-state index is -1.10. The zero-order valence-corrected chi connectivity index (χ0v) is 16.1. The van der Waals surface area contributed by atoms with E-state index in [1.54, 1.807) is 29.1 Å². The maximum absolute atomic E-state index is 12.9. The van der Waals surface area contributed by atoms with E-state index < -0.39 is 12.1 Å². The molecular formula is C20H17BrN2O4. The van der Waals surface area contributed by atoms with Crippen LogP contribution < -0.4 is 4.74 Å². The number of rotatable bonds is 7. The van der Waals surface area contributed by atoms with Gasteiger partial charge in [0.25, 0.3) is 0 Å². The van der Waals surface area contributed by atoms with Crippen LogP contribution in [0.1, 0.15) is 28.4 Å². The molecule has 3 aromatic rings. The molecule has 0 saturated carbocycles. The van der Waals surface area contributed by atoms with E-state index in [1.807, 2.05) is 30.3 Å². The van der Waals surface area contributed by atoms with Gasteiger partial charge in [-0.05, 0) is 30.7 Å². The Bertz CT molecular complexity index is 969. The first-order valence-electron chi connectivity index (χ1n) is 8.24. The normalized spacial score (nSPS) is 11.8. The molecule has 1 unspecified atom stereocenters. The number of carboxylic acid groups (broad SMARTS) is 1. The van der Waals surface area contributed by atoms with Crippen molar-refractivity contribution in [3.63, 3.8) is 0 Å². The van der Waals surface area contributed by atoms with Crippen molar-refractivity contribution in [1.82, 2.24) is 9.78 Å². The van der Waals surface area contributed by atoms with Crippen LogP contribution in [-0.4, -0.2) is 32.7 Å². The monoisotopic (exact) mass is 428 g/mol. The average molecular weight is 429 g/mol. The number of ketones is 1. The van der Waals surface area contributed by atoms with Gasteiger partial charge in [0.1, 0.15) is 5.75 Å². The van der Waals surface area contributed by atoms with Crippen molar-refractivity contribution in [2.45, 2.75) is 19.6 Å². The molecule has 1 N–H and O–H groups in total. The van der Waals surface area contributed by atoms with E-state index in [0.717, 1.165) is 5.56 Å². The second kappa shape index (κ2) is 8.18. The first kappa shape index (κ1) is 18.8. The van der Waals surface area contributed by atoms with Crippen LogP contribution in [0.15, 0.2) is 65.4 Å². The summed E-state index contributed by atoms with van der Waals surface area (Å²) in [6.07, 6.45) is 2.09. The maximum Gasteiger partial charge on any atom is 0.344 e. The Morgan fingerprint density at radius 1 is 1.22 bits per heavy atom. The second-order valence-electron chi connectivity index (χ2n) is 5.98. The van der Waals surface area contributed by atoms with Gasteiger partial charge in [-0.25, -0.2) is 4.79 Å². The first-order valence-corrected chi connectivity index (χ1v) is 9.03. The van der Waals surface area contributed by atoms with E-state index in [2.05, 4.69) is 21.0 Å². The summed E-state index contributed by atoms with van der Waals surface area (Å²) in [6.45, 7) is 1.96. The highest BCUT2D eigenvalue weighted by Crippen LogP contribution is 2.27. The van der Waals surface area contributed by atoms with Crippen molar-refractivity contribution in [3.8, 4) is 5.75 Å². The third-order valence-corrected chi connectivity index (χ3v) is 4.41. The Balaban J connectivity index is 1.85. The van der Waals surface area contributed by atoms with Crippen molar-refractivity contribution in [3.05, 3.63) is 82.1 Å². The Kier molecular flexibility index (Phi) is 5.71. The first-order chi connectivity index (χ1) is 12.9. The topological polar surface area (TPSA) is 81.4 Å². The van der Waals surface area contributed by atoms with Crippen LogP contribution in [0.2, 0.25) is 0 Å². The lowest BCUT2D eigenvalue weighted by Crippen LogP contribution is -2.23. The standard InChI is InChI=1S/C20H17BrN2O4/c1-13(20(25)26)27-18-8-7-16(21)9-17(18)19(24)15-10-22-23(12-15)11-14-5-3-2-4-6-14/h2-10,12-13H,11H2,1H3,(H,25,26). The quantitative estimate of drug-likeness (QED) is 0.579. The fraction of sp³-hybridized carbons (Fsp3) is 0.150. The van der Waals surface area contributed by atoms with Gasteiger partial charge in [0.05, 0.1) is 23.9 Å². The van der Waals surface area contributed by atoms with Crippen LogP contribution in [0.4, 0.5) is 0 Å². The van der Waals surface area contributed by atoms with Gasteiger partial charge in [-0.2, -0.15) is 5.10 Å². The minimum Gasteiger partial charge on any atom is -0.479 e. The predicted molar refractivity (Wildman–Crippen MR) is 103 cm³/mol. The lowest BCUT2D eigenvalue weighted by atomic mass is 10.1. The van der Waals surface area contributed by atoms with Crippen molar-refractivity contribution in [2.24, 2.45) is 0 Å². The zero-order valence-electron chi connectivity index (χ0n) is 14.5. The molecule has 2 aromatic carbocycles. The van der Waals surface area contributed by atoms with E-state index in [0.29, 0.717) is 16.6 Å². The van der Waals surface area contributed by atoms with E-state index in [-0.39, 0.29) is 17.1 Å². The SMILES string of the molecule is CC(Oc1ccc(Br)cc1C(=O)c1cnn(Cc2ccccc2)c1)C(=O)O. The third-order valence-electron chi connectivity index (χ3n) is 3.92. The molecule has 0 aliphatic carbocycles. The Morgan fingerprint density at radius 3 is 2.67 bits per heavy atom. The number of nitrogens with zero attached hydrogens (tertiary/aromatic N) is 2. The van der Waals surface area contributed by atoms with Gasteiger partial charge >= 0.3 is 5.97 Å². The fourth-order valence-corrected chi connectivity index (χ4v) is 2.88. The maximum atomic E-state index is 12.9. The van der Waals surface area contributed by atoms with Gasteiger partial charge in [-0.3, -0.25) is 9.48 Å². The number of hydrogen-bond acceptors (Lipinski definition) is 4. The summed E-state index contributed by atoms with van der Waals surface area (Å²) >= 11 is 3.34. The molecule has 138 valence electrons. The zero-order chi connectivity index (χ0) is 19.4. The van der Waals surface area contributed by atoms with E-state index in [1.165, 1.54) is 13.1 Å². The van der Waals surface area contributed by atoms with Crippen molar-refractivity contribution < 1.29 is 19.4 Å². The smallest absolute Gasteiger partial charge is 0.344 e. The summed E-state index contributed by atoms with van der Waals surface area (Å²) in [6, 6.07) is 14.7. The fourth-order valence-electron chi connectivity index (χ4n) is 2.52. The van der Waals surface area contributed by atoms with Gasteiger partial charge in [0.15, 0.2) is 11.9 Å². The van der Waals surface area contributed by atoms with Gasteiger partial charge in [0, 0.05) is 10.7 Å². The second-order valence-corrected chi connectivity index (χ2v) is 6.90. The number of halogens is 1. The van der Waals surface area contributed by atoms with E-state index in [9.17, 15) is 9.59 Å². The van der Waals surface area contributed by atoms with Gasteiger partial charge in [-0.1, -0.05) is 46.3 Å². The number of carboxylic acids is 1. The molecule has 27 heavy (non-hydrogen) atoms. The highest BCUT2D eigenvalue weighted by atomic mass is 79.9. The molecule has 0 spiro atoms. The molecule has 6 nitrogen and oxygen atoms in total. The number of hydrogen-bond donors (Lipinski definition) is 1. The number of benzene rings is 2. The molecule has 0 radical (unpaired) electrons. The number of carbonyl (C=O) groups is 2. The van der Waals surface area contributed by atoms with Crippen molar-refractivity contribution in [1.29, 1.82) is 0 Å². The summed E-state index contributed by atoms with van der Waals surface area (Å²) in [5.41, 5.74) is 1.75. The molecule has 1 heterocycles. The van der Waals surface area contributed by atoms with Crippen LogP contribution in [-0.2, 0) is 11.3 Å². The van der Waals surface area contributed by atoms with Crippen LogP contribution in [0.25, 0.3) is 0 Å². The molecule has 0 amide bonds. The molecule has 0 aliphatic rings. The lowest BCUT2D eigenvalue weighted by molar-refractivity contribution is -0.144. The Labute approximate surface area is 164 Å². The summed E-state index contributed by atoms with van der Waals surface area (Å²) in [7, 11) is 0. The Hall–Kier alpha value is -2.93. The van der Waals surface area contributed by atoms with Gasteiger partial charge < -0.3 is 9.84 Å². The average Bonchev–Trinajstić information content (AvgIpc) is 3.11. The van der Waals surface area contributed by atoms with Crippen LogP contribution >= 0.6 is 15.9 Å². The van der Waals surface area contributed by atoms with E-state index >= 15 is 0 Å². The largest absolute Gasteiger partial charge is 0.479 e. The number of aliphatic carboxylic acids is 1. The Morgan fingerprint density at radius 2 is 1.96 bits per heavy atom. The number of aromatic nitrogens is 2. The van der Waals surface area contributed by atoms with Crippen LogP contribution in [0.3, 0.4) is 0 Å². The summed E-state index contributed by atoms with van der Waals surface area (Å²) in [5, 5.41) is 13.3. The third kappa shape index (κ3) is 4.62. The predicted octanol–water partition coefficient (Wildman–Crippen LogP) is 3.78. The molecule has 0 bridgehead atoms. The molecule has 0 saturated heterocycles. The molecular weight excluding hydrogens is 412 g/mol. The van der Waals surface area contributed by atoms with Crippen molar-refractivity contribution in [2.75, 3.05) is 0 Å². The van der Waals surface area contributed by atoms with Gasteiger partial charge in [-0.15, -0.1) is 0 Å². The summed E-state index contributed by atoms with van der Waals surface area (Å²) < 4.78 is 7.81. The summed E-state index contributed by atoms with van der Waals surface area (Å²) in [4.78, 5) is 24.0. The molecule has 0 aliphatic heterocycles.